The fourth-order valence-corrected chi connectivity index (χ4v) is 12.7. The number of para-hydroxylation sites is 2. The first kappa shape index (κ1) is 36.3. The third-order valence-corrected chi connectivity index (χ3v) is 15.4. The third kappa shape index (κ3) is 5.52. The Morgan fingerprint density at radius 2 is 0.873 bits per heavy atom. The van der Waals surface area contributed by atoms with Crippen LogP contribution >= 0.6 is 23.1 Å². The molecular formula is C59H38N2S2. The molecule has 0 radical (unpaired) electrons. The van der Waals surface area contributed by atoms with Crippen molar-refractivity contribution in [1.29, 1.82) is 0 Å². The van der Waals surface area contributed by atoms with E-state index in [1.165, 1.54) is 74.1 Å². The zero-order valence-electron chi connectivity index (χ0n) is 34.2. The molecule has 10 aromatic carbocycles. The fourth-order valence-electron chi connectivity index (χ4n) is 10.4. The van der Waals surface area contributed by atoms with E-state index in [9.17, 15) is 0 Å². The van der Waals surface area contributed by atoms with Crippen LogP contribution < -0.4 is 9.80 Å². The Morgan fingerprint density at radius 1 is 0.317 bits per heavy atom. The summed E-state index contributed by atoms with van der Waals surface area (Å²) < 4.78 is 2.59. The average Bonchev–Trinajstić information content (AvgIpc) is 3.86. The molecule has 0 saturated carbocycles. The highest BCUT2D eigenvalue weighted by Gasteiger charge is 2.50. The molecule has 0 saturated heterocycles. The fraction of sp³-hybridized carbons (Fsp3) is 0.0169. The van der Waals surface area contributed by atoms with Crippen molar-refractivity contribution in [2.45, 2.75) is 15.2 Å². The summed E-state index contributed by atoms with van der Waals surface area (Å²) in [5.41, 5.74) is 14.2. The number of nitrogens with zero attached hydrogens (tertiary/aromatic N) is 2. The van der Waals surface area contributed by atoms with Gasteiger partial charge in [-0.25, -0.2) is 0 Å². The molecule has 0 bridgehead atoms. The summed E-state index contributed by atoms with van der Waals surface area (Å²) in [6.45, 7) is 0. The Balaban J connectivity index is 1.08. The van der Waals surface area contributed by atoms with Gasteiger partial charge in [-0.05, 0) is 130 Å². The molecule has 2 aliphatic rings. The lowest BCUT2D eigenvalue weighted by atomic mass is 9.67. The number of anilines is 6. The number of rotatable bonds is 6. The van der Waals surface area contributed by atoms with Crippen LogP contribution in [0.3, 0.4) is 0 Å². The van der Waals surface area contributed by atoms with Crippen LogP contribution in [0.5, 0.6) is 0 Å². The van der Waals surface area contributed by atoms with Gasteiger partial charge in [-0.2, -0.15) is 0 Å². The topological polar surface area (TPSA) is 6.48 Å². The summed E-state index contributed by atoms with van der Waals surface area (Å²) >= 11 is 3.75. The van der Waals surface area contributed by atoms with Crippen LogP contribution in [0, 0.1) is 0 Å². The third-order valence-electron chi connectivity index (χ3n) is 13.1. The summed E-state index contributed by atoms with van der Waals surface area (Å²) in [5, 5.41) is 4.92. The van der Waals surface area contributed by atoms with Gasteiger partial charge in [0.05, 0.1) is 11.1 Å². The Bertz CT molecular complexity index is 3490. The molecule has 1 aliphatic heterocycles. The molecule has 296 valence electrons. The molecule has 0 amide bonds. The van der Waals surface area contributed by atoms with E-state index < -0.39 is 5.41 Å². The van der Waals surface area contributed by atoms with Crippen LogP contribution in [0.4, 0.5) is 34.1 Å². The van der Waals surface area contributed by atoms with Crippen molar-refractivity contribution in [1.82, 2.24) is 0 Å². The summed E-state index contributed by atoms with van der Waals surface area (Å²) in [4.78, 5) is 7.46. The zero-order chi connectivity index (χ0) is 41.5. The van der Waals surface area contributed by atoms with E-state index >= 15 is 0 Å². The number of hydrogen-bond donors (Lipinski definition) is 0. The number of thiophene rings is 1. The minimum Gasteiger partial charge on any atom is -0.310 e. The molecule has 1 aliphatic carbocycles. The molecule has 63 heavy (non-hydrogen) atoms. The molecule has 13 rings (SSSR count). The van der Waals surface area contributed by atoms with Crippen LogP contribution in [0.2, 0.25) is 0 Å². The maximum atomic E-state index is 2.50. The van der Waals surface area contributed by atoms with Crippen LogP contribution in [-0.4, -0.2) is 0 Å². The van der Waals surface area contributed by atoms with E-state index in [2.05, 4.69) is 240 Å². The lowest BCUT2D eigenvalue weighted by molar-refractivity contribution is 0.722. The first-order valence-corrected chi connectivity index (χ1v) is 23.1. The van der Waals surface area contributed by atoms with Gasteiger partial charge in [-0.1, -0.05) is 151 Å². The number of benzene rings is 10. The smallest absolute Gasteiger partial charge is 0.0736 e. The molecule has 0 atom stereocenters. The minimum absolute atomic E-state index is 0.484. The number of hydrogen-bond acceptors (Lipinski definition) is 4. The van der Waals surface area contributed by atoms with Crippen molar-refractivity contribution in [3.8, 4) is 11.1 Å². The van der Waals surface area contributed by atoms with E-state index in [-0.39, 0.29) is 0 Å². The highest BCUT2D eigenvalue weighted by molar-refractivity contribution is 7.99. The van der Waals surface area contributed by atoms with Gasteiger partial charge < -0.3 is 9.80 Å². The molecule has 1 spiro atoms. The Kier molecular flexibility index (Phi) is 8.27. The highest BCUT2D eigenvalue weighted by atomic mass is 32.2. The van der Waals surface area contributed by atoms with E-state index in [1.54, 1.807) is 0 Å². The SMILES string of the molecule is c1ccc(N(c2ccccc2)c2cccc3ccc(N(c4ccc5c(c4)C4(c6ccccc6S5)c5ccccc5-c5ccccc54)c4ccc5sc6ccccc6c5c4)cc23)cc1. The highest BCUT2D eigenvalue weighted by Crippen LogP contribution is 2.62. The Labute approximate surface area is 375 Å². The molecule has 2 nitrogen and oxygen atoms in total. The number of fused-ring (bicyclic) bond motifs is 13. The predicted molar refractivity (Wildman–Crippen MR) is 268 cm³/mol. The second-order valence-corrected chi connectivity index (χ2v) is 18.6. The van der Waals surface area contributed by atoms with Crippen molar-refractivity contribution in [2.24, 2.45) is 0 Å². The van der Waals surface area contributed by atoms with Crippen molar-refractivity contribution >= 4 is 88.2 Å². The summed E-state index contributed by atoms with van der Waals surface area (Å²) in [6, 6.07) is 85.4. The van der Waals surface area contributed by atoms with Crippen molar-refractivity contribution < 1.29 is 0 Å². The van der Waals surface area contributed by atoms with Gasteiger partial charge in [0.15, 0.2) is 0 Å². The van der Waals surface area contributed by atoms with Crippen molar-refractivity contribution in [2.75, 3.05) is 9.80 Å². The van der Waals surface area contributed by atoms with Gasteiger partial charge in [-0.3, -0.25) is 0 Å². The molecular weight excluding hydrogens is 801 g/mol. The lowest BCUT2D eigenvalue weighted by Crippen LogP contribution is -2.32. The van der Waals surface area contributed by atoms with Crippen LogP contribution in [-0.2, 0) is 5.41 Å². The van der Waals surface area contributed by atoms with Gasteiger partial charge in [0.2, 0.25) is 0 Å². The quantitative estimate of drug-likeness (QED) is 0.165. The molecule has 2 heterocycles. The first-order chi connectivity index (χ1) is 31.2. The van der Waals surface area contributed by atoms with Crippen molar-refractivity contribution in [3.05, 3.63) is 253 Å². The van der Waals surface area contributed by atoms with Crippen LogP contribution in [0.1, 0.15) is 22.3 Å². The van der Waals surface area contributed by atoms with E-state index in [0.29, 0.717) is 0 Å². The molecule has 1 aromatic heterocycles. The van der Waals surface area contributed by atoms with Gasteiger partial charge in [0.1, 0.15) is 0 Å². The Hall–Kier alpha value is -7.37. The molecule has 0 fully saturated rings. The molecule has 0 unspecified atom stereocenters. The summed E-state index contributed by atoms with van der Waals surface area (Å²) in [7, 11) is 0. The average molecular weight is 839 g/mol. The molecule has 11 aromatic rings. The van der Waals surface area contributed by atoms with Gasteiger partial charge in [-0.15, -0.1) is 11.3 Å². The molecule has 4 heteroatoms. The Morgan fingerprint density at radius 3 is 1.62 bits per heavy atom. The zero-order valence-corrected chi connectivity index (χ0v) is 35.8. The monoisotopic (exact) mass is 838 g/mol. The normalized spacial score (nSPS) is 13.1. The van der Waals surface area contributed by atoms with Gasteiger partial charge in [0.25, 0.3) is 0 Å². The maximum absolute atomic E-state index is 2.50. The molecule has 0 N–H and O–H groups in total. The largest absolute Gasteiger partial charge is 0.310 e. The standard InChI is InChI=1S/C59H38N2S2/c1-3-17-40(18-4-1)61(41-19-5-2-6-20-41)54-27-15-16-39-30-31-42(36-48(39)54)60(43-32-34-56-49(37-43)47-23-9-13-28-55(47)62-56)44-33-35-58-53(38-44)59(52-26-12-14-29-57(52)63-58)50-24-10-7-21-45(50)46-22-8-11-25-51(46)59/h1-38H. The second kappa shape index (κ2) is 14.4. The minimum atomic E-state index is -0.484. The van der Waals surface area contributed by atoms with Crippen LogP contribution in [0.25, 0.3) is 42.1 Å². The van der Waals surface area contributed by atoms with E-state index in [1.807, 2.05) is 23.1 Å². The van der Waals surface area contributed by atoms with Gasteiger partial charge in [0, 0.05) is 63.8 Å². The maximum Gasteiger partial charge on any atom is 0.0736 e. The van der Waals surface area contributed by atoms with Crippen LogP contribution in [0.15, 0.2) is 240 Å². The second-order valence-electron chi connectivity index (χ2n) is 16.4. The first-order valence-electron chi connectivity index (χ1n) is 21.5. The van der Waals surface area contributed by atoms with Gasteiger partial charge >= 0.3 is 0 Å². The van der Waals surface area contributed by atoms with Crippen molar-refractivity contribution in [3.63, 3.8) is 0 Å². The predicted octanol–water partition coefficient (Wildman–Crippen LogP) is 17.0. The van der Waals surface area contributed by atoms with E-state index in [0.717, 1.165) is 34.1 Å². The summed E-state index contributed by atoms with van der Waals surface area (Å²) in [5.74, 6) is 0. The summed E-state index contributed by atoms with van der Waals surface area (Å²) in [6.07, 6.45) is 0. The van der Waals surface area contributed by atoms with E-state index in [4.69, 9.17) is 0 Å². The lowest BCUT2D eigenvalue weighted by Gasteiger charge is -2.40.